The van der Waals surface area contributed by atoms with Crippen molar-refractivity contribution in [2.75, 3.05) is 19.6 Å². The van der Waals surface area contributed by atoms with Crippen molar-refractivity contribution in [3.63, 3.8) is 0 Å². The Morgan fingerprint density at radius 1 is 1.20 bits per heavy atom. The van der Waals surface area contributed by atoms with Gasteiger partial charge in [-0.3, -0.25) is 9.69 Å². The van der Waals surface area contributed by atoms with Gasteiger partial charge >= 0.3 is 0 Å². The molecule has 1 aliphatic carbocycles. The topological polar surface area (TPSA) is 35.9 Å². The molecule has 30 heavy (non-hydrogen) atoms. The number of rotatable bonds is 4. The van der Waals surface area contributed by atoms with Gasteiger partial charge in [-0.05, 0) is 79.1 Å². The van der Waals surface area contributed by atoms with Crippen molar-refractivity contribution >= 4 is 40.4 Å². The average molecular weight is 440 g/mol. The summed E-state index contributed by atoms with van der Waals surface area (Å²) >= 11 is 3.52. The maximum Gasteiger partial charge on any atom is 0.257 e. The second-order valence-electron chi connectivity index (χ2n) is 8.85. The number of carbonyl (C=O) groups excluding carboxylic acids is 1. The summed E-state index contributed by atoms with van der Waals surface area (Å²) in [5, 5.41) is 11.1. The van der Waals surface area contributed by atoms with Crippen molar-refractivity contribution in [2.24, 2.45) is 16.9 Å². The predicted molar refractivity (Wildman–Crippen MR) is 126 cm³/mol. The summed E-state index contributed by atoms with van der Waals surface area (Å²) in [6.45, 7) is 4.82. The summed E-state index contributed by atoms with van der Waals surface area (Å²) in [5.74, 6) is 1.14. The molecular weight excluding hydrogens is 410 g/mol. The van der Waals surface area contributed by atoms with Crippen LogP contribution < -0.4 is 0 Å². The van der Waals surface area contributed by atoms with Crippen LogP contribution in [0.15, 0.2) is 45.7 Å². The molecule has 5 rings (SSSR count). The quantitative estimate of drug-likeness (QED) is 0.616. The largest absolute Gasteiger partial charge is 0.294 e. The SMILES string of the molecule is C[C@H]1CCCN(CC(=O)N2N=C3/C(=C/c4cccs4)CCC[C@H]3[C@H]2c2cccs2)C1. The maximum atomic E-state index is 13.5. The molecule has 2 aromatic rings. The maximum absolute atomic E-state index is 13.5. The molecule has 0 N–H and O–H groups in total. The van der Waals surface area contributed by atoms with Gasteiger partial charge in [0.1, 0.15) is 0 Å². The number of hydrogen-bond donors (Lipinski definition) is 0. The Morgan fingerprint density at radius 2 is 2.07 bits per heavy atom. The molecule has 158 valence electrons. The first kappa shape index (κ1) is 20.2. The second kappa shape index (κ2) is 8.77. The van der Waals surface area contributed by atoms with E-state index in [1.807, 2.05) is 5.01 Å². The smallest absolute Gasteiger partial charge is 0.257 e. The molecule has 0 spiro atoms. The molecule has 2 fully saturated rings. The van der Waals surface area contributed by atoms with Crippen LogP contribution in [0.3, 0.4) is 0 Å². The van der Waals surface area contributed by atoms with Gasteiger partial charge in [-0.1, -0.05) is 19.1 Å². The molecule has 4 heterocycles. The number of fused-ring (bicyclic) bond motifs is 1. The zero-order valence-electron chi connectivity index (χ0n) is 17.5. The van der Waals surface area contributed by atoms with Gasteiger partial charge in [0.2, 0.25) is 0 Å². The van der Waals surface area contributed by atoms with E-state index < -0.39 is 0 Å². The standard InChI is InChI=1S/C24H29N3OS2/c1-17-6-3-11-26(15-17)16-22(28)27-24(21-10-5-13-30-21)20-9-2-7-18(23(20)25-27)14-19-8-4-12-29-19/h4-5,8,10,12-14,17,20,24H,2-3,6-7,9,11,15-16H2,1H3/b18-14+/t17-,20+,24-/m0/s1. The average Bonchev–Trinajstić information content (AvgIpc) is 3.48. The molecule has 3 atom stereocenters. The lowest BCUT2D eigenvalue weighted by Gasteiger charge is -2.33. The fourth-order valence-electron chi connectivity index (χ4n) is 5.18. The molecule has 2 aliphatic heterocycles. The number of carbonyl (C=O) groups is 1. The van der Waals surface area contributed by atoms with E-state index in [-0.39, 0.29) is 11.9 Å². The van der Waals surface area contributed by atoms with Crippen molar-refractivity contribution in [1.82, 2.24) is 9.91 Å². The Kier molecular flexibility index (Phi) is 5.89. The van der Waals surface area contributed by atoms with E-state index in [1.165, 1.54) is 28.2 Å². The summed E-state index contributed by atoms with van der Waals surface area (Å²) in [7, 11) is 0. The summed E-state index contributed by atoms with van der Waals surface area (Å²) in [6, 6.07) is 8.58. The van der Waals surface area contributed by atoms with E-state index >= 15 is 0 Å². The molecule has 1 saturated carbocycles. The Morgan fingerprint density at radius 3 is 2.83 bits per heavy atom. The van der Waals surface area contributed by atoms with Gasteiger partial charge in [0.25, 0.3) is 5.91 Å². The van der Waals surface area contributed by atoms with Gasteiger partial charge < -0.3 is 0 Å². The molecule has 0 aromatic carbocycles. The summed E-state index contributed by atoms with van der Waals surface area (Å²) in [4.78, 5) is 18.3. The zero-order valence-corrected chi connectivity index (χ0v) is 19.1. The van der Waals surface area contributed by atoms with Crippen LogP contribution in [0.4, 0.5) is 0 Å². The lowest BCUT2D eigenvalue weighted by atomic mass is 9.79. The molecule has 1 amide bonds. The Labute approximate surface area is 186 Å². The Hall–Kier alpha value is -1.76. The van der Waals surface area contributed by atoms with Crippen LogP contribution in [0.25, 0.3) is 6.08 Å². The minimum atomic E-state index is 0.0572. The number of amides is 1. The summed E-state index contributed by atoms with van der Waals surface area (Å²) < 4.78 is 0. The van der Waals surface area contributed by atoms with Crippen LogP contribution in [-0.4, -0.2) is 41.2 Å². The van der Waals surface area contributed by atoms with Gasteiger partial charge in [0, 0.05) is 22.2 Å². The first-order valence-electron chi connectivity index (χ1n) is 11.1. The number of thiophene rings is 2. The first-order valence-corrected chi connectivity index (χ1v) is 12.9. The fraction of sp³-hybridized carbons (Fsp3) is 0.500. The van der Waals surface area contributed by atoms with Gasteiger partial charge in [0.15, 0.2) is 0 Å². The summed E-state index contributed by atoms with van der Waals surface area (Å²) in [5.41, 5.74) is 2.46. The fourth-order valence-corrected chi connectivity index (χ4v) is 6.74. The van der Waals surface area contributed by atoms with Gasteiger partial charge in [-0.25, -0.2) is 5.01 Å². The lowest BCUT2D eigenvalue weighted by Crippen LogP contribution is -2.43. The van der Waals surface area contributed by atoms with E-state index in [0.717, 1.165) is 38.1 Å². The molecule has 2 aromatic heterocycles. The first-order chi connectivity index (χ1) is 14.7. The van der Waals surface area contributed by atoms with E-state index in [4.69, 9.17) is 5.10 Å². The highest BCUT2D eigenvalue weighted by molar-refractivity contribution is 7.11. The van der Waals surface area contributed by atoms with E-state index in [1.54, 1.807) is 22.7 Å². The van der Waals surface area contributed by atoms with Crippen LogP contribution in [0.5, 0.6) is 0 Å². The normalized spacial score (nSPS) is 28.6. The van der Waals surface area contributed by atoms with Crippen LogP contribution in [-0.2, 0) is 4.79 Å². The van der Waals surface area contributed by atoms with Crippen molar-refractivity contribution in [3.05, 3.63) is 50.4 Å². The van der Waals surface area contributed by atoms with E-state index in [2.05, 4.69) is 52.9 Å². The highest BCUT2D eigenvalue weighted by Crippen LogP contribution is 2.45. The molecule has 0 bridgehead atoms. The van der Waals surface area contributed by atoms with Crippen LogP contribution in [0, 0.1) is 11.8 Å². The van der Waals surface area contributed by atoms with Gasteiger partial charge in [-0.2, -0.15) is 5.10 Å². The third-order valence-corrected chi connectivity index (χ3v) is 8.31. The number of allylic oxidation sites excluding steroid dienone is 1. The number of piperidine rings is 1. The highest BCUT2D eigenvalue weighted by atomic mass is 32.1. The number of nitrogens with zero attached hydrogens (tertiary/aromatic N) is 3. The molecule has 0 radical (unpaired) electrons. The summed E-state index contributed by atoms with van der Waals surface area (Å²) in [6.07, 6.45) is 8.07. The van der Waals surface area contributed by atoms with E-state index in [0.29, 0.717) is 18.4 Å². The lowest BCUT2D eigenvalue weighted by molar-refractivity contribution is -0.135. The monoisotopic (exact) mass is 439 g/mol. The van der Waals surface area contributed by atoms with Gasteiger partial charge in [0.05, 0.1) is 18.3 Å². The van der Waals surface area contributed by atoms with Gasteiger partial charge in [-0.15, -0.1) is 22.7 Å². The third kappa shape index (κ3) is 4.05. The van der Waals surface area contributed by atoms with Crippen LogP contribution in [0.2, 0.25) is 0 Å². The highest BCUT2D eigenvalue weighted by Gasteiger charge is 2.44. The Bertz CT molecular complexity index is 932. The minimum Gasteiger partial charge on any atom is -0.294 e. The molecular formula is C24H29N3OS2. The molecule has 6 heteroatoms. The molecule has 3 aliphatic rings. The zero-order chi connectivity index (χ0) is 20.5. The molecule has 4 nitrogen and oxygen atoms in total. The molecule has 1 saturated heterocycles. The number of hydrogen-bond acceptors (Lipinski definition) is 5. The second-order valence-corrected chi connectivity index (χ2v) is 10.8. The van der Waals surface area contributed by atoms with Crippen LogP contribution >= 0.6 is 22.7 Å². The van der Waals surface area contributed by atoms with Crippen molar-refractivity contribution < 1.29 is 4.79 Å². The molecule has 0 unspecified atom stereocenters. The van der Waals surface area contributed by atoms with Crippen LogP contribution in [0.1, 0.15) is 54.8 Å². The predicted octanol–water partition coefficient (Wildman–Crippen LogP) is 5.66. The third-order valence-electron chi connectivity index (χ3n) is 6.55. The number of hydrazone groups is 1. The van der Waals surface area contributed by atoms with Crippen molar-refractivity contribution in [2.45, 2.75) is 45.1 Å². The van der Waals surface area contributed by atoms with Crippen molar-refractivity contribution in [3.8, 4) is 0 Å². The number of likely N-dealkylation sites (tertiary alicyclic amines) is 1. The Balaban J connectivity index is 1.44. The van der Waals surface area contributed by atoms with E-state index in [9.17, 15) is 4.79 Å². The van der Waals surface area contributed by atoms with Crippen molar-refractivity contribution in [1.29, 1.82) is 0 Å². The minimum absolute atomic E-state index is 0.0572.